The van der Waals surface area contributed by atoms with E-state index < -0.39 is 66.7 Å². The minimum atomic E-state index is -1.67. The minimum Gasteiger partial charge on any atom is -0.480 e. The third kappa shape index (κ3) is 9.45. The van der Waals surface area contributed by atoms with Crippen molar-refractivity contribution in [2.45, 2.75) is 69.5 Å². The van der Waals surface area contributed by atoms with Gasteiger partial charge in [-0.05, 0) is 33.2 Å². The van der Waals surface area contributed by atoms with Crippen molar-refractivity contribution >= 4 is 23.7 Å². The van der Waals surface area contributed by atoms with Crippen molar-refractivity contribution < 1.29 is 39.6 Å². The van der Waals surface area contributed by atoms with Gasteiger partial charge in [-0.1, -0.05) is 6.42 Å². The molecule has 0 aromatic heterocycles. The molecule has 0 aliphatic rings. The van der Waals surface area contributed by atoms with Crippen molar-refractivity contribution in [2.24, 2.45) is 11.5 Å². The van der Waals surface area contributed by atoms with Crippen LogP contribution in [0.4, 0.5) is 0 Å². The van der Waals surface area contributed by atoms with Crippen LogP contribution in [0.15, 0.2) is 0 Å². The first-order chi connectivity index (χ1) is 14.0. The number of aliphatic hydroxyl groups excluding tert-OH is 3. The van der Waals surface area contributed by atoms with Gasteiger partial charge in [-0.3, -0.25) is 14.4 Å². The number of unbranched alkanes of at least 4 members (excludes halogenated alkanes) is 1. The Bertz CT molecular complexity index is 586. The quantitative estimate of drug-likeness (QED) is 0.119. The van der Waals surface area contributed by atoms with Gasteiger partial charge in [0.05, 0.1) is 24.9 Å². The van der Waals surface area contributed by atoms with Crippen molar-refractivity contribution in [2.75, 3.05) is 13.2 Å². The maximum absolute atomic E-state index is 12.4. The maximum atomic E-state index is 12.4. The number of carboxylic acids is 1. The SMILES string of the molecule is CC(O)C(NC(=O)C(NC(=O)C(CO)NC(=O)C(N)CCCCN)C(C)O)C(=O)O. The van der Waals surface area contributed by atoms with E-state index in [0.29, 0.717) is 25.8 Å². The van der Waals surface area contributed by atoms with E-state index in [2.05, 4.69) is 10.6 Å². The Hall–Kier alpha value is -2.32. The molecule has 0 aliphatic heterocycles. The van der Waals surface area contributed by atoms with Crippen molar-refractivity contribution in [3.05, 3.63) is 0 Å². The lowest BCUT2D eigenvalue weighted by molar-refractivity contribution is -0.146. The smallest absolute Gasteiger partial charge is 0.328 e. The molecule has 6 atom stereocenters. The fraction of sp³-hybridized carbons (Fsp3) is 0.765. The third-order valence-corrected chi connectivity index (χ3v) is 4.23. The molecule has 0 aliphatic carbocycles. The zero-order valence-electron chi connectivity index (χ0n) is 17.1. The summed E-state index contributed by atoms with van der Waals surface area (Å²) in [6.07, 6.45) is -1.32. The Labute approximate surface area is 174 Å². The Kier molecular flexibility index (Phi) is 12.8. The van der Waals surface area contributed by atoms with Gasteiger partial charge in [0.2, 0.25) is 17.7 Å². The molecule has 13 heteroatoms. The molecular weight excluding hydrogens is 402 g/mol. The molecule has 0 fully saturated rings. The summed E-state index contributed by atoms with van der Waals surface area (Å²) in [6, 6.07) is -5.67. The largest absolute Gasteiger partial charge is 0.480 e. The number of carbonyl (C=O) groups excluding carboxylic acids is 3. The summed E-state index contributed by atoms with van der Waals surface area (Å²) in [7, 11) is 0. The Morgan fingerprint density at radius 2 is 1.40 bits per heavy atom. The monoisotopic (exact) mass is 435 g/mol. The van der Waals surface area contributed by atoms with Gasteiger partial charge in [0.25, 0.3) is 0 Å². The Balaban J connectivity index is 5.07. The second kappa shape index (κ2) is 13.8. The van der Waals surface area contributed by atoms with Gasteiger partial charge in [-0.2, -0.15) is 0 Å². The van der Waals surface area contributed by atoms with Gasteiger partial charge in [0.15, 0.2) is 6.04 Å². The first-order valence-electron chi connectivity index (χ1n) is 9.52. The van der Waals surface area contributed by atoms with Crippen LogP contribution < -0.4 is 27.4 Å². The predicted octanol–water partition coefficient (Wildman–Crippen LogP) is -4.26. The molecule has 30 heavy (non-hydrogen) atoms. The molecule has 0 aromatic rings. The van der Waals surface area contributed by atoms with Gasteiger partial charge < -0.3 is 47.8 Å². The molecule has 0 rings (SSSR count). The summed E-state index contributed by atoms with van der Waals surface area (Å²) in [6.45, 7) is 1.94. The highest BCUT2D eigenvalue weighted by Crippen LogP contribution is 2.01. The van der Waals surface area contributed by atoms with Crippen molar-refractivity contribution in [3.8, 4) is 0 Å². The van der Waals surface area contributed by atoms with Crippen molar-refractivity contribution in [3.63, 3.8) is 0 Å². The highest BCUT2D eigenvalue weighted by molar-refractivity contribution is 5.94. The van der Waals surface area contributed by atoms with Crippen molar-refractivity contribution in [1.29, 1.82) is 0 Å². The Morgan fingerprint density at radius 1 is 0.867 bits per heavy atom. The van der Waals surface area contributed by atoms with E-state index in [-0.39, 0.29) is 0 Å². The lowest BCUT2D eigenvalue weighted by Crippen LogP contribution is -2.61. The molecular formula is C17H33N5O8. The van der Waals surface area contributed by atoms with E-state index in [1.165, 1.54) is 6.92 Å². The Morgan fingerprint density at radius 3 is 1.83 bits per heavy atom. The molecule has 0 radical (unpaired) electrons. The summed E-state index contributed by atoms with van der Waals surface area (Å²) in [5.74, 6) is -4.28. The zero-order valence-corrected chi connectivity index (χ0v) is 17.1. The van der Waals surface area contributed by atoms with Crippen LogP contribution in [-0.2, 0) is 19.2 Å². The van der Waals surface area contributed by atoms with E-state index in [1.807, 2.05) is 5.32 Å². The lowest BCUT2D eigenvalue weighted by Gasteiger charge is -2.26. The fourth-order valence-electron chi connectivity index (χ4n) is 2.40. The average Bonchev–Trinajstić information content (AvgIpc) is 2.66. The molecule has 13 nitrogen and oxygen atoms in total. The third-order valence-electron chi connectivity index (χ3n) is 4.23. The molecule has 0 heterocycles. The summed E-state index contributed by atoms with van der Waals surface area (Å²) in [5, 5.41) is 44.1. The number of hydrogen-bond donors (Lipinski definition) is 9. The standard InChI is InChI=1S/C17H33N5O8/c1-8(24)12(16(28)22-13(9(2)25)17(29)30)21-15(27)11(7-23)20-14(26)10(19)5-3-4-6-18/h8-13,23-25H,3-7,18-19H2,1-2H3,(H,20,26)(H,21,27)(H,22,28)(H,29,30). The molecule has 0 aromatic carbocycles. The molecule has 0 saturated carbocycles. The van der Waals surface area contributed by atoms with Gasteiger partial charge in [0.1, 0.15) is 12.1 Å². The number of amides is 3. The van der Waals surface area contributed by atoms with E-state index in [4.69, 9.17) is 16.6 Å². The van der Waals surface area contributed by atoms with Gasteiger partial charge in [0, 0.05) is 0 Å². The molecule has 0 spiro atoms. The average molecular weight is 435 g/mol. The van der Waals surface area contributed by atoms with E-state index in [0.717, 1.165) is 6.92 Å². The van der Waals surface area contributed by atoms with Gasteiger partial charge in [-0.15, -0.1) is 0 Å². The number of carboxylic acid groups (broad SMARTS) is 1. The first kappa shape index (κ1) is 27.7. The summed E-state index contributed by atoms with van der Waals surface area (Å²) >= 11 is 0. The highest BCUT2D eigenvalue weighted by Gasteiger charge is 2.33. The summed E-state index contributed by atoms with van der Waals surface area (Å²) in [5.41, 5.74) is 11.1. The molecule has 0 bridgehead atoms. The van der Waals surface area contributed by atoms with Crippen LogP contribution in [0.3, 0.4) is 0 Å². The summed E-state index contributed by atoms with van der Waals surface area (Å²) in [4.78, 5) is 47.8. The van der Waals surface area contributed by atoms with E-state index >= 15 is 0 Å². The number of nitrogens with two attached hydrogens (primary N) is 2. The molecule has 6 unspecified atom stereocenters. The number of carbonyl (C=O) groups is 4. The van der Waals surface area contributed by atoms with Crippen LogP contribution in [0.1, 0.15) is 33.1 Å². The predicted molar refractivity (Wildman–Crippen MR) is 105 cm³/mol. The maximum Gasteiger partial charge on any atom is 0.328 e. The van der Waals surface area contributed by atoms with Crippen LogP contribution in [0.2, 0.25) is 0 Å². The number of rotatable bonds is 14. The second-order valence-corrected chi connectivity index (χ2v) is 6.93. The first-order valence-corrected chi connectivity index (χ1v) is 9.52. The van der Waals surface area contributed by atoms with E-state index in [9.17, 15) is 34.5 Å². The number of aliphatic hydroxyl groups is 3. The van der Waals surface area contributed by atoms with Crippen LogP contribution in [0.25, 0.3) is 0 Å². The fourth-order valence-corrected chi connectivity index (χ4v) is 2.40. The lowest BCUT2D eigenvalue weighted by atomic mass is 10.1. The van der Waals surface area contributed by atoms with Gasteiger partial charge >= 0.3 is 5.97 Å². The minimum absolute atomic E-state index is 0.317. The molecule has 174 valence electrons. The summed E-state index contributed by atoms with van der Waals surface area (Å²) < 4.78 is 0. The normalized spacial score (nSPS) is 17.0. The topological polar surface area (TPSA) is 237 Å². The number of nitrogens with one attached hydrogen (secondary N) is 3. The molecule has 0 saturated heterocycles. The van der Waals surface area contributed by atoms with Crippen LogP contribution >= 0.6 is 0 Å². The second-order valence-electron chi connectivity index (χ2n) is 6.93. The van der Waals surface area contributed by atoms with E-state index in [1.54, 1.807) is 0 Å². The highest BCUT2D eigenvalue weighted by atomic mass is 16.4. The van der Waals surface area contributed by atoms with Crippen molar-refractivity contribution in [1.82, 2.24) is 16.0 Å². The zero-order chi connectivity index (χ0) is 23.4. The molecule has 3 amide bonds. The number of aliphatic carboxylic acids is 1. The number of hydrogen-bond acceptors (Lipinski definition) is 9. The molecule has 11 N–H and O–H groups in total. The van der Waals surface area contributed by atoms with Crippen LogP contribution in [0, 0.1) is 0 Å². The van der Waals surface area contributed by atoms with Gasteiger partial charge in [-0.25, -0.2) is 4.79 Å². The van der Waals surface area contributed by atoms with Crippen LogP contribution in [0.5, 0.6) is 0 Å². The van der Waals surface area contributed by atoms with Crippen LogP contribution in [-0.4, -0.2) is 93.6 Å².